The summed E-state index contributed by atoms with van der Waals surface area (Å²) in [4.78, 5) is 22.9. The zero-order valence-electron chi connectivity index (χ0n) is 10.6. The molecular formula is C13H16ClNO4. The van der Waals surface area contributed by atoms with E-state index in [-0.39, 0.29) is 19.1 Å². The Morgan fingerprint density at radius 2 is 1.95 bits per heavy atom. The number of rotatable bonds is 6. The average Bonchev–Trinajstić information content (AvgIpc) is 2.44. The Kier molecular flexibility index (Phi) is 6.74. The minimum Gasteiger partial charge on any atom is -0.464 e. The summed E-state index contributed by atoms with van der Waals surface area (Å²) in [7, 11) is 0. The van der Waals surface area contributed by atoms with Crippen LogP contribution in [-0.2, 0) is 20.9 Å². The highest BCUT2D eigenvalue weighted by Gasteiger charge is 2.21. The first-order valence-electron chi connectivity index (χ1n) is 5.87. The van der Waals surface area contributed by atoms with Crippen LogP contribution in [-0.4, -0.2) is 30.6 Å². The molecule has 1 rings (SSSR count). The molecule has 0 radical (unpaired) electrons. The number of ether oxygens (including phenoxy) is 2. The summed E-state index contributed by atoms with van der Waals surface area (Å²) >= 11 is 5.59. The number of alkyl carbamates (subject to hydrolysis) is 1. The smallest absolute Gasteiger partial charge is 0.408 e. The van der Waals surface area contributed by atoms with Crippen molar-refractivity contribution in [1.29, 1.82) is 0 Å². The van der Waals surface area contributed by atoms with Gasteiger partial charge in [0.2, 0.25) is 0 Å². The molecule has 1 aromatic carbocycles. The van der Waals surface area contributed by atoms with Crippen molar-refractivity contribution in [3.05, 3.63) is 35.9 Å². The minimum absolute atomic E-state index is 0.0702. The number of nitrogens with one attached hydrogen (secondary N) is 1. The predicted molar refractivity (Wildman–Crippen MR) is 70.9 cm³/mol. The number of halogens is 1. The maximum atomic E-state index is 11.5. The van der Waals surface area contributed by atoms with Gasteiger partial charge in [-0.3, -0.25) is 0 Å². The number of esters is 1. The van der Waals surface area contributed by atoms with Gasteiger partial charge in [-0.15, -0.1) is 11.6 Å². The Hall–Kier alpha value is -1.75. The molecule has 0 bridgehead atoms. The Balaban J connectivity index is 2.39. The third-order valence-electron chi connectivity index (χ3n) is 2.23. The Bertz CT molecular complexity index is 410. The molecule has 0 aliphatic carbocycles. The summed E-state index contributed by atoms with van der Waals surface area (Å²) < 4.78 is 9.74. The standard InChI is InChI=1S/C13H16ClNO4/c1-2-18-12(16)11(8-14)15-13(17)19-9-10-6-4-3-5-7-10/h3-7,11H,2,8-9H2,1H3,(H,15,17)/t11-/m0/s1. The van der Waals surface area contributed by atoms with Gasteiger partial charge in [0, 0.05) is 0 Å². The number of hydrogen-bond acceptors (Lipinski definition) is 4. The number of benzene rings is 1. The average molecular weight is 286 g/mol. The third kappa shape index (κ3) is 5.61. The Morgan fingerprint density at radius 1 is 1.26 bits per heavy atom. The molecule has 19 heavy (non-hydrogen) atoms. The van der Waals surface area contributed by atoms with E-state index in [1.807, 2.05) is 30.3 Å². The maximum Gasteiger partial charge on any atom is 0.408 e. The summed E-state index contributed by atoms with van der Waals surface area (Å²) in [6, 6.07) is 8.32. The van der Waals surface area contributed by atoms with E-state index in [0.29, 0.717) is 0 Å². The van der Waals surface area contributed by atoms with Crippen molar-refractivity contribution in [2.75, 3.05) is 12.5 Å². The molecule has 1 amide bonds. The highest BCUT2D eigenvalue weighted by molar-refractivity contribution is 6.19. The van der Waals surface area contributed by atoms with Gasteiger partial charge >= 0.3 is 12.1 Å². The molecule has 0 heterocycles. The second-order valence-electron chi connectivity index (χ2n) is 3.67. The highest BCUT2D eigenvalue weighted by Crippen LogP contribution is 2.01. The number of alkyl halides is 1. The van der Waals surface area contributed by atoms with Crippen LogP contribution >= 0.6 is 11.6 Å². The summed E-state index contributed by atoms with van der Waals surface area (Å²) in [5, 5.41) is 2.35. The van der Waals surface area contributed by atoms with E-state index in [1.54, 1.807) is 6.92 Å². The van der Waals surface area contributed by atoms with E-state index in [1.165, 1.54) is 0 Å². The number of amides is 1. The fourth-order valence-electron chi connectivity index (χ4n) is 1.31. The Morgan fingerprint density at radius 3 is 2.53 bits per heavy atom. The van der Waals surface area contributed by atoms with Crippen molar-refractivity contribution in [3.63, 3.8) is 0 Å². The molecule has 0 aliphatic heterocycles. The largest absolute Gasteiger partial charge is 0.464 e. The lowest BCUT2D eigenvalue weighted by Crippen LogP contribution is -2.43. The second kappa shape index (κ2) is 8.37. The monoisotopic (exact) mass is 285 g/mol. The zero-order chi connectivity index (χ0) is 14.1. The van der Waals surface area contributed by atoms with Gasteiger partial charge in [0.1, 0.15) is 12.6 Å². The van der Waals surface area contributed by atoms with Gasteiger partial charge in [0.05, 0.1) is 12.5 Å². The number of carbonyl (C=O) groups excluding carboxylic acids is 2. The minimum atomic E-state index is -0.898. The lowest BCUT2D eigenvalue weighted by molar-refractivity contribution is -0.144. The fraction of sp³-hybridized carbons (Fsp3) is 0.385. The van der Waals surface area contributed by atoms with E-state index in [2.05, 4.69) is 5.32 Å². The molecule has 0 saturated heterocycles. The molecule has 1 aromatic rings. The number of carbonyl (C=O) groups is 2. The lowest BCUT2D eigenvalue weighted by atomic mass is 10.2. The van der Waals surface area contributed by atoms with Crippen molar-refractivity contribution in [3.8, 4) is 0 Å². The van der Waals surface area contributed by atoms with E-state index in [0.717, 1.165) is 5.56 Å². The van der Waals surface area contributed by atoms with Crippen LogP contribution in [0.15, 0.2) is 30.3 Å². The predicted octanol–water partition coefficient (Wildman–Crippen LogP) is 2.08. The highest BCUT2D eigenvalue weighted by atomic mass is 35.5. The first-order valence-corrected chi connectivity index (χ1v) is 6.40. The summed E-state index contributed by atoms with van der Waals surface area (Å²) in [6.45, 7) is 2.04. The normalized spacial score (nSPS) is 11.5. The summed E-state index contributed by atoms with van der Waals surface area (Å²) in [5.74, 6) is -0.645. The topological polar surface area (TPSA) is 64.6 Å². The van der Waals surface area contributed by atoms with Crippen molar-refractivity contribution in [2.45, 2.75) is 19.6 Å². The molecule has 0 unspecified atom stereocenters. The van der Waals surface area contributed by atoms with Crippen LogP contribution in [0.5, 0.6) is 0 Å². The van der Waals surface area contributed by atoms with Crippen LogP contribution in [0.1, 0.15) is 12.5 Å². The van der Waals surface area contributed by atoms with Crippen LogP contribution in [0.2, 0.25) is 0 Å². The van der Waals surface area contributed by atoms with E-state index >= 15 is 0 Å². The van der Waals surface area contributed by atoms with E-state index < -0.39 is 18.1 Å². The molecule has 0 aromatic heterocycles. The van der Waals surface area contributed by atoms with Crippen LogP contribution in [0.4, 0.5) is 4.79 Å². The van der Waals surface area contributed by atoms with Crippen LogP contribution in [0, 0.1) is 0 Å². The van der Waals surface area contributed by atoms with Gasteiger partial charge in [-0.1, -0.05) is 30.3 Å². The van der Waals surface area contributed by atoms with Crippen molar-refractivity contribution < 1.29 is 19.1 Å². The molecular weight excluding hydrogens is 270 g/mol. The number of hydrogen-bond donors (Lipinski definition) is 1. The van der Waals surface area contributed by atoms with Crippen molar-refractivity contribution in [2.24, 2.45) is 0 Å². The molecule has 0 spiro atoms. The van der Waals surface area contributed by atoms with Gasteiger partial charge in [0.15, 0.2) is 0 Å². The van der Waals surface area contributed by atoms with Crippen LogP contribution in [0.3, 0.4) is 0 Å². The molecule has 104 valence electrons. The summed E-state index contributed by atoms with van der Waals surface area (Å²) in [5.41, 5.74) is 0.858. The molecule has 6 heteroatoms. The zero-order valence-corrected chi connectivity index (χ0v) is 11.4. The van der Waals surface area contributed by atoms with E-state index in [4.69, 9.17) is 21.1 Å². The first kappa shape index (κ1) is 15.3. The molecule has 0 fully saturated rings. The van der Waals surface area contributed by atoms with Gasteiger partial charge in [-0.2, -0.15) is 0 Å². The SMILES string of the molecule is CCOC(=O)[C@H](CCl)NC(=O)OCc1ccccc1. The van der Waals surface area contributed by atoms with Gasteiger partial charge in [0.25, 0.3) is 0 Å². The second-order valence-corrected chi connectivity index (χ2v) is 3.97. The third-order valence-corrected chi connectivity index (χ3v) is 2.54. The Labute approximate surface area is 116 Å². The fourth-order valence-corrected chi connectivity index (χ4v) is 1.51. The van der Waals surface area contributed by atoms with Gasteiger partial charge < -0.3 is 14.8 Å². The van der Waals surface area contributed by atoms with Crippen molar-refractivity contribution >= 4 is 23.7 Å². The van der Waals surface area contributed by atoms with Crippen LogP contribution in [0.25, 0.3) is 0 Å². The molecule has 1 atom stereocenters. The van der Waals surface area contributed by atoms with Gasteiger partial charge in [-0.25, -0.2) is 9.59 Å². The molecule has 5 nitrogen and oxygen atoms in total. The summed E-state index contributed by atoms with van der Waals surface area (Å²) in [6.07, 6.45) is -0.706. The van der Waals surface area contributed by atoms with E-state index in [9.17, 15) is 9.59 Å². The lowest BCUT2D eigenvalue weighted by Gasteiger charge is -2.14. The molecule has 0 aliphatic rings. The van der Waals surface area contributed by atoms with Gasteiger partial charge in [-0.05, 0) is 12.5 Å². The molecule has 1 N–H and O–H groups in total. The quantitative estimate of drug-likeness (QED) is 0.642. The van der Waals surface area contributed by atoms with Crippen LogP contribution < -0.4 is 5.32 Å². The molecule has 0 saturated carbocycles. The maximum absolute atomic E-state index is 11.5. The van der Waals surface area contributed by atoms with Crippen molar-refractivity contribution in [1.82, 2.24) is 5.32 Å². The first-order chi connectivity index (χ1) is 9.17.